The Labute approximate surface area is 58.5 Å². The highest BCUT2D eigenvalue weighted by molar-refractivity contribution is 6.67. The maximum Gasteiger partial charge on any atom is 0.307 e. The minimum atomic E-state index is -1.62. The Morgan fingerprint density at radius 1 is 0.857 bits per heavy atom. The van der Waals surface area contributed by atoms with Gasteiger partial charge in [0.25, 0.3) is 0 Å². The molecule has 0 aliphatic rings. The molecule has 0 aliphatic heterocycles. The van der Waals surface area contributed by atoms with Gasteiger partial charge in [0.1, 0.15) is 0 Å². The van der Waals surface area contributed by atoms with Crippen LogP contribution < -0.4 is 13.5 Å². The molecule has 0 spiro atoms. The van der Waals surface area contributed by atoms with Crippen LogP contribution in [-0.2, 0) is 0 Å². The van der Waals surface area contributed by atoms with Gasteiger partial charge in [0, 0.05) is 0 Å². The molecule has 0 rings (SSSR count). The fourth-order valence-electron chi connectivity index (χ4n) is 0.0619. The van der Waals surface area contributed by atoms with Gasteiger partial charge in [0.05, 0.1) is 0 Å². The lowest BCUT2D eigenvalue weighted by Gasteiger charge is -2.02. The van der Waals surface area contributed by atoms with Crippen molar-refractivity contribution >= 4 is 44.6 Å². The predicted molar refractivity (Wildman–Crippen MR) is 34.1 cm³/mol. The molecule has 7 heteroatoms. The zero-order chi connectivity index (χ0) is 5.70. The smallest absolute Gasteiger partial charge is 0.228 e. The number of rotatable bonds is 3. The van der Waals surface area contributed by atoms with Gasteiger partial charge in [-0.1, -0.05) is 0 Å². The van der Waals surface area contributed by atoms with E-state index >= 15 is 0 Å². The minimum Gasteiger partial charge on any atom is -0.228 e. The van der Waals surface area contributed by atoms with Gasteiger partial charge in [-0.3, -0.25) is 0 Å². The van der Waals surface area contributed by atoms with E-state index in [0.717, 1.165) is 0 Å². The molecule has 3 nitrogen and oxygen atoms in total. The summed E-state index contributed by atoms with van der Waals surface area (Å²) in [5.41, 5.74) is 0. The third-order valence-corrected chi connectivity index (χ3v) is 2.95. The van der Waals surface area contributed by atoms with E-state index in [2.05, 4.69) is 13.5 Å². The SMILES string of the molecule is ClN[SiH](NCl)NCl. The number of hydrogen-bond acceptors (Lipinski definition) is 3. The Hall–Kier alpha value is 0.967. The molecule has 0 fully saturated rings. The highest BCUT2D eigenvalue weighted by Crippen LogP contribution is 1.71. The van der Waals surface area contributed by atoms with E-state index in [9.17, 15) is 0 Å². The Morgan fingerprint density at radius 3 is 1.14 bits per heavy atom. The monoisotopic (exact) mass is 179 g/mol. The van der Waals surface area contributed by atoms with Gasteiger partial charge in [0.2, 0.25) is 0 Å². The Bertz CT molecular complexity index is 31.7. The quantitative estimate of drug-likeness (QED) is 0.421. The van der Waals surface area contributed by atoms with Crippen molar-refractivity contribution in [1.82, 2.24) is 13.5 Å². The van der Waals surface area contributed by atoms with Crippen LogP contribution >= 0.6 is 35.3 Å². The topological polar surface area (TPSA) is 36.1 Å². The van der Waals surface area contributed by atoms with Crippen LogP contribution in [-0.4, -0.2) is 9.28 Å². The first-order valence-corrected chi connectivity index (χ1v) is 4.30. The molecule has 0 aromatic carbocycles. The molecule has 0 aromatic rings. The maximum absolute atomic E-state index is 5.09. The molecule has 0 saturated heterocycles. The van der Waals surface area contributed by atoms with E-state index in [-0.39, 0.29) is 0 Å². The molecule has 0 amide bonds. The van der Waals surface area contributed by atoms with E-state index in [1.54, 1.807) is 0 Å². The van der Waals surface area contributed by atoms with Gasteiger partial charge in [-0.05, 0) is 35.3 Å². The van der Waals surface area contributed by atoms with Crippen LogP contribution in [0.15, 0.2) is 0 Å². The summed E-state index contributed by atoms with van der Waals surface area (Å²) in [6, 6.07) is 0. The average molecular weight is 180 g/mol. The first-order valence-electron chi connectivity index (χ1n) is 1.43. The molecule has 0 unspecified atom stereocenters. The van der Waals surface area contributed by atoms with Crippen molar-refractivity contribution in [3.8, 4) is 0 Å². The lowest BCUT2D eigenvalue weighted by atomic mass is 13.8. The fourth-order valence-corrected chi connectivity index (χ4v) is 1.67. The summed E-state index contributed by atoms with van der Waals surface area (Å²) >= 11 is 15.3. The van der Waals surface area contributed by atoms with Gasteiger partial charge >= 0.3 is 9.28 Å². The third kappa shape index (κ3) is 3.54. The minimum absolute atomic E-state index is 1.62. The van der Waals surface area contributed by atoms with Crippen LogP contribution in [0.4, 0.5) is 0 Å². The van der Waals surface area contributed by atoms with Crippen molar-refractivity contribution in [1.29, 1.82) is 0 Å². The molecule has 0 radical (unpaired) electrons. The zero-order valence-electron chi connectivity index (χ0n) is 3.21. The van der Waals surface area contributed by atoms with E-state index in [1.807, 2.05) is 0 Å². The van der Waals surface area contributed by atoms with Crippen LogP contribution in [0.25, 0.3) is 0 Å². The zero-order valence-corrected chi connectivity index (χ0v) is 6.63. The van der Waals surface area contributed by atoms with Gasteiger partial charge < -0.3 is 0 Å². The molecule has 0 bridgehead atoms. The summed E-state index contributed by atoms with van der Waals surface area (Å²) in [4.78, 5) is 0. The molecule has 0 atom stereocenters. The van der Waals surface area contributed by atoms with Crippen molar-refractivity contribution in [3.05, 3.63) is 0 Å². The second-order valence-corrected chi connectivity index (χ2v) is 4.24. The largest absolute Gasteiger partial charge is 0.307 e. The summed E-state index contributed by atoms with van der Waals surface area (Å²) in [5.74, 6) is 0. The van der Waals surface area contributed by atoms with Crippen molar-refractivity contribution in [2.24, 2.45) is 0 Å². The van der Waals surface area contributed by atoms with E-state index in [4.69, 9.17) is 35.3 Å². The van der Waals surface area contributed by atoms with Gasteiger partial charge in [0.15, 0.2) is 0 Å². The maximum atomic E-state index is 5.09. The van der Waals surface area contributed by atoms with Crippen molar-refractivity contribution in [3.63, 3.8) is 0 Å². The average Bonchev–Trinajstić information content (AvgIpc) is 1.72. The fraction of sp³-hybridized carbons (Fsp3) is 0. The second-order valence-electron chi connectivity index (χ2n) is 0.760. The van der Waals surface area contributed by atoms with Crippen molar-refractivity contribution < 1.29 is 0 Å². The molecule has 44 valence electrons. The normalized spacial score (nSPS) is 10.3. The summed E-state index contributed by atoms with van der Waals surface area (Å²) in [5, 5.41) is 0. The summed E-state index contributed by atoms with van der Waals surface area (Å²) in [7, 11) is -1.62. The van der Waals surface area contributed by atoms with Gasteiger partial charge in [-0.25, -0.2) is 13.5 Å². The number of hydrogen-bond donors (Lipinski definition) is 3. The van der Waals surface area contributed by atoms with Gasteiger partial charge in [-0.15, -0.1) is 0 Å². The van der Waals surface area contributed by atoms with Crippen LogP contribution in [0.3, 0.4) is 0 Å². The third-order valence-electron chi connectivity index (χ3n) is 0.327. The molecule has 7 heavy (non-hydrogen) atoms. The highest BCUT2D eigenvalue weighted by Gasteiger charge is 2.02. The molecule has 0 heterocycles. The van der Waals surface area contributed by atoms with Crippen molar-refractivity contribution in [2.45, 2.75) is 0 Å². The van der Waals surface area contributed by atoms with Crippen LogP contribution in [0, 0.1) is 0 Å². The lowest BCUT2D eigenvalue weighted by Crippen LogP contribution is -2.46. The Morgan fingerprint density at radius 2 is 1.14 bits per heavy atom. The van der Waals surface area contributed by atoms with Crippen LogP contribution in [0.1, 0.15) is 0 Å². The first kappa shape index (κ1) is 7.97. The van der Waals surface area contributed by atoms with E-state index in [1.165, 1.54) is 0 Å². The van der Waals surface area contributed by atoms with E-state index < -0.39 is 9.28 Å². The van der Waals surface area contributed by atoms with Crippen molar-refractivity contribution in [2.75, 3.05) is 0 Å². The summed E-state index contributed by atoms with van der Waals surface area (Å²) in [6.45, 7) is 0. The van der Waals surface area contributed by atoms with Crippen LogP contribution in [0.5, 0.6) is 0 Å². The highest BCUT2D eigenvalue weighted by atomic mass is 35.5. The molecule has 0 saturated carbocycles. The lowest BCUT2D eigenvalue weighted by molar-refractivity contribution is 1.28. The molecule has 0 aromatic heterocycles. The Balaban J connectivity index is 2.99. The molecular weight excluding hydrogens is 176 g/mol. The second kappa shape index (κ2) is 5.11. The Kier molecular flexibility index (Phi) is 5.82. The summed E-state index contributed by atoms with van der Waals surface area (Å²) < 4.78 is 6.98. The first-order chi connectivity index (χ1) is 3.35. The van der Waals surface area contributed by atoms with Gasteiger partial charge in [-0.2, -0.15) is 0 Å². The molecular formula is H4Cl3N3Si. The molecule has 0 aliphatic carbocycles. The summed E-state index contributed by atoms with van der Waals surface area (Å²) in [6.07, 6.45) is 0. The number of nitrogens with one attached hydrogen (secondary N) is 3. The number of halogens is 3. The standard InChI is InChI=1S/Cl3H4N3Si/c1-4-7(5-2)6-3/h4-7H. The van der Waals surface area contributed by atoms with E-state index in [0.29, 0.717) is 0 Å². The van der Waals surface area contributed by atoms with Crippen LogP contribution in [0.2, 0.25) is 0 Å². The predicted octanol–water partition coefficient (Wildman–Crippen LogP) is -0.0662. The molecule has 3 N–H and O–H groups in total.